The van der Waals surface area contributed by atoms with Crippen LogP contribution in [0.2, 0.25) is 0 Å². The summed E-state index contributed by atoms with van der Waals surface area (Å²) in [6.07, 6.45) is 2.11. The molecule has 0 amide bonds. The molecule has 2 heteroatoms. The summed E-state index contributed by atoms with van der Waals surface area (Å²) in [6.45, 7) is 32.1. The molecule has 0 radical (unpaired) electrons. The van der Waals surface area contributed by atoms with Crippen LogP contribution < -0.4 is 0 Å². The summed E-state index contributed by atoms with van der Waals surface area (Å²) >= 11 is 0. The van der Waals surface area contributed by atoms with Gasteiger partial charge in [-0.2, -0.15) is 0 Å². The summed E-state index contributed by atoms with van der Waals surface area (Å²) in [6, 6.07) is 7.99. The number of phenols is 1. The van der Waals surface area contributed by atoms with Crippen molar-refractivity contribution in [3.05, 3.63) is 62.7 Å². The molecule has 534 valence electrons. The first-order valence-corrected chi connectivity index (χ1v) is 14.2. The van der Waals surface area contributed by atoms with Crippen LogP contribution in [-0.4, -0.2) is 28.1 Å². The van der Waals surface area contributed by atoms with Gasteiger partial charge in [-0.15, -0.1) is 0 Å². The monoisotopic (exact) mass is 828 g/mol. The van der Waals surface area contributed by atoms with E-state index in [9.17, 15) is 5.11 Å². The maximum Gasteiger partial charge on any atom is 0.119 e. The Hall–Kier alpha value is -1.80. The Balaban J connectivity index is -0.000000000506. The number of rotatable bonds is 9. The standard InChI is InChI=1S/C34H55NO.166H2/c1-15-23(6)35(28(11)20(2)3)24(7)19-30(29-17-16-21(4)25(8)26(29)9)32-27(10)33(34(12,13)14)22(5)18-31(32)36;;;;;;;;;;;;;;;;;;;;;;;;;;;;;;;;;;;;;;;;;;;;;;;;;;;;;;;;;;;;;;;;;;;;;;;;;;;;;;;;;;;;;;;;;;;;;;;;;;;;;;;;;;;;;;;;;;;;;;;;;;;;;;;;;;;;;;;;;;;;;;;;;;;;;;;;;;;;;;;;;;;;;;/h16-18,20,23-24,28,30,36H,15,19H2,1-14H3;166*1H/t23?,24?,28?,30-;;;;;;;;;;;;;;;;;;;;;;;;;;;;;;;;;;;;;;;;;;;;;;;;;;;;;;;;;;;;;;;;;;;;;;;;;;;;;;;;;;;;;;;;;;;;;;;;;;;;;;;;;;;;;;;;;;;;;;;;;;;;;;;;;;;;;;;;;;;;;;;;;;;;;;;;;;;;;;;;;;;;;;/m1....................................................................................................................................................................../s1. The fourth-order valence-corrected chi connectivity index (χ4v) is 6.58. The van der Waals surface area contributed by atoms with E-state index in [1.165, 1.54) is 38.9 Å². The first-order chi connectivity index (χ1) is 16.5. The van der Waals surface area contributed by atoms with Gasteiger partial charge < -0.3 is 5.11 Å². The smallest absolute Gasteiger partial charge is 0.119 e. The van der Waals surface area contributed by atoms with Crippen LogP contribution in [0.4, 0.5) is 0 Å². The van der Waals surface area contributed by atoms with Crippen LogP contribution in [0.25, 0.3) is 0 Å². The third kappa shape index (κ3) is 6.18. The number of hydrogen-bond acceptors (Lipinski definition) is 2. The van der Waals surface area contributed by atoms with Crippen LogP contribution in [0.1, 0.15) is 362 Å². The summed E-state index contributed by atoms with van der Waals surface area (Å²) in [5.41, 5.74) is 10.3. The number of hydrogen-bond donors (Lipinski definition) is 1. The zero-order valence-corrected chi connectivity index (χ0v) is 25.9. The third-order valence-electron chi connectivity index (χ3n) is 9.00. The van der Waals surface area contributed by atoms with Crippen LogP contribution in [0, 0.1) is 40.5 Å². The quantitative estimate of drug-likeness (QED) is 0.272. The van der Waals surface area contributed by atoms with Crippen LogP contribution in [0.15, 0.2) is 18.2 Å². The average molecular weight is 828 g/mol. The summed E-state index contributed by atoms with van der Waals surface area (Å²) in [5.74, 6) is 1.16. The molecule has 0 heterocycles. The van der Waals surface area contributed by atoms with Crippen molar-refractivity contribution in [1.82, 2.24) is 4.90 Å². The predicted octanol–water partition coefficient (Wildman–Crippen LogP) is 50.1. The highest BCUT2D eigenvalue weighted by atomic mass is 16.3. The summed E-state index contributed by atoms with van der Waals surface area (Å²) in [7, 11) is 0. The Kier molecular flexibility index (Phi) is 9.90. The largest absolute Gasteiger partial charge is 0.508 e. The number of benzene rings is 2. The third-order valence-corrected chi connectivity index (χ3v) is 9.00. The number of aryl methyl sites for hydroxylation is 2. The van der Waals surface area contributed by atoms with Gasteiger partial charge in [0.05, 0.1) is 0 Å². The highest BCUT2D eigenvalue weighted by molar-refractivity contribution is 5.56. The molecule has 0 saturated heterocycles. The summed E-state index contributed by atoms with van der Waals surface area (Å²) in [4.78, 5) is 2.74. The maximum absolute atomic E-state index is 11.5. The van der Waals surface area contributed by atoms with Crippen molar-refractivity contribution in [3.63, 3.8) is 0 Å². The molecule has 0 saturated carbocycles. The van der Waals surface area contributed by atoms with E-state index in [0.29, 0.717) is 29.8 Å². The lowest BCUT2D eigenvalue weighted by molar-refractivity contribution is 0.0689. The lowest BCUT2D eigenvalue weighted by Gasteiger charge is -2.43. The van der Waals surface area contributed by atoms with E-state index in [0.717, 1.165) is 18.4 Å². The Morgan fingerprint density at radius 2 is 1.42 bits per heavy atom. The number of phenolic OH excluding ortho intramolecular Hbond substituents is 1. The zero-order chi connectivity index (χ0) is 27.7. The van der Waals surface area contributed by atoms with E-state index in [1.807, 2.05) is 6.07 Å². The van der Waals surface area contributed by atoms with Crippen molar-refractivity contribution in [2.45, 2.75) is 139 Å². The lowest BCUT2D eigenvalue weighted by atomic mass is 9.74. The van der Waals surface area contributed by atoms with E-state index in [4.69, 9.17) is 0 Å². The molecular weight excluding hydrogens is 438 g/mol. The van der Waals surface area contributed by atoms with Gasteiger partial charge in [0, 0.05) is 266 Å². The van der Waals surface area contributed by atoms with Crippen LogP contribution in [0.3, 0.4) is 0 Å². The summed E-state index contributed by atoms with van der Waals surface area (Å²) < 4.78 is 0. The van der Waals surface area contributed by atoms with Gasteiger partial charge >= 0.3 is 0 Å². The molecule has 2 aromatic carbocycles. The molecule has 2 nitrogen and oxygen atoms in total. The Morgan fingerprint density at radius 1 is 0.833 bits per heavy atom. The first kappa shape index (κ1) is 30.4. The van der Waals surface area contributed by atoms with E-state index in [-0.39, 0.29) is 248 Å². The molecule has 0 aliphatic carbocycles. The van der Waals surface area contributed by atoms with Gasteiger partial charge in [0.25, 0.3) is 0 Å². The fourth-order valence-electron chi connectivity index (χ4n) is 6.58. The van der Waals surface area contributed by atoms with E-state index in [2.05, 4.69) is 114 Å². The topological polar surface area (TPSA) is 23.5 Å². The molecule has 0 spiro atoms. The second-order valence-corrected chi connectivity index (χ2v) is 12.9. The SMILES string of the molecule is CCC(C)N(C(C)C[C@H](c1ccc(C)c(C)c1C)c1c(O)cc(C)c(C(C)(C)C)c1C)C(C)C(C)C.[HH].[HH].[HH].[HH].[HH].[HH].[HH].[HH].[HH].[HH].[HH].[HH].[HH].[HH].[HH].[HH].[HH].[HH].[HH].[HH].[HH].[HH].[HH].[HH].[HH].[HH].[HH].[HH].[HH].[HH].[HH].[HH].[HH].[HH].[HH].[HH].[HH].[HH].[HH].[HH].[HH].[HH].[HH].[HH].[HH].[HH].[HH].[HH].[HH].[HH].[HH].[HH].[HH].[HH].[HH].[HH].[HH].[HH].[HH].[HH].[HH].[HH].[HH].[HH].[HH].[HH].[HH].[HH].[HH].[HH].[HH].[HH].[HH].[HH].[HH].[HH].[HH].[HH].[HH].[HH].[HH].[HH].[HH].[HH].[HH].[HH].[HH].[HH].[HH].[HH].[HH].[HH].[HH].[HH].[HH].[HH].[HH].[HH].[HH].[HH].[HH].[HH].[HH].[HH].[HH].[HH].[HH].[HH].[HH].[HH].[HH].[HH].[HH].[HH].[HH].[HH].[HH].[HH].[HH].[HH].[HH].[HH].[HH].[HH].[HH].[HH].[HH].[HH].[HH].[HH].[HH].[HH].[HH].[HH].[HH].[HH].[HH].[HH].[HH].[HH].[HH].[HH].[HH].[HH].[HH].[HH].[HH].[HH].[HH].[HH].[HH].[HH].[HH].[HH].[HH].[HH].[HH].[HH].[HH].[HH].[HH].[HH].[HH].[HH].[HH].[HH]. The molecule has 0 aliphatic rings. The van der Waals surface area contributed by atoms with Crippen molar-refractivity contribution >= 4 is 0 Å². The molecule has 0 aromatic heterocycles. The Labute approximate surface area is 470 Å². The zero-order valence-electron chi connectivity index (χ0n) is 25.9. The van der Waals surface area contributed by atoms with E-state index >= 15 is 0 Å². The van der Waals surface area contributed by atoms with Crippen LogP contribution in [0.5, 0.6) is 5.75 Å². The average Bonchev–Trinajstić information content (AvgIpc) is 2.75. The Bertz CT molecular complexity index is 1180. The minimum absolute atomic E-state index is 0. The molecule has 2 aromatic rings. The van der Waals surface area contributed by atoms with Crippen molar-refractivity contribution < 1.29 is 242 Å². The van der Waals surface area contributed by atoms with Crippen molar-refractivity contribution in [3.8, 4) is 5.75 Å². The molecule has 0 aliphatic heterocycles. The minimum Gasteiger partial charge on any atom is -0.508 e. The first-order valence-electron chi connectivity index (χ1n) is 14.2. The molecule has 0 fully saturated rings. The molecule has 2 rings (SSSR count). The van der Waals surface area contributed by atoms with Gasteiger partial charge in [0.15, 0.2) is 0 Å². The second kappa shape index (κ2) is 11.7. The molecular formula is C34H387NO. The highest BCUT2D eigenvalue weighted by Crippen LogP contribution is 2.44. The number of nitrogens with zero attached hydrogens (tertiary/aromatic N) is 1. The fraction of sp³-hybridized carbons (Fsp3) is 0.647. The predicted molar refractivity (Wildman–Crippen MR) is 510 cm³/mol. The van der Waals surface area contributed by atoms with Gasteiger partial charge in [-0.3, -0.25) is 4.90 Å². The second-order valence-electron chi connectivity index (χ2n) is 12.9. The van der Waals surface area contributed by atoms with Crippen LogP contribution >= 0.6 is 0 Å². The van der Waals surface area contributed by atoms with E-state index in [1.54, 1.807) is 0 Å². The summed E-state index contributed by atoms with van der Waals surface area (Å²) in [5, 5.41) is 11.5. The van der Waals surface area contributed by atoms with Crippen molar-refractivity contribution in [1.29, 1.82) is 0 Å². The maximum atomic E-state index is 11.5. The Morgan fingerprint density at radius 3 is 1.92 bits per heavy atom. The van der Waals surface area contributed by atoms with Gasteiger partial charge in [0.1, 0.15) is 5.75 Å². The van der Waals surface area contributed by atoms with Gasteiger partial charge in [-0.25, -0.2) is 0 Å². The van der Waals surface area contributed by atoms with Crippen molar-refractivity contribution in [2.75, 3.05) is 0 Å². The van der Waals surface area contributed by atoms with Gasteiger partial charge in [0.2, 0.25) is 0 Å². The molecule has 4 atom stereocenters. The van der Waals surface area contributed by atoms with Crippen LogP contribution in [-0.2, 0) is 5.41 Å². The molecule has 1 N–H and O–H groups in total. The highest BCUT2D eigenvalue weighted by Gasteiger charge is 2.33. The van der Waals surface area contributed by atoms with Crippen molar-refractivity contribution in [2.24, 2.45) is 5.92 Å². The van der Waals surface area contributed by atoms with Gasteiger partial charge in [-0.1, -0.05) is 53.7 Å². The minimum atomic E-state index is 0. The van der Waals surface area contributed by atoms with Gasteiger partial charge in [-0.05, 0) is 125 Å². The molecule has 36 heavy (non-hydrogen) atoms. The molecule has 0 bridgehead atoms. The molecule has 3 unspecified atom stereocenters. The normalized spacial score (nSPS) is 15.9. The number of aromatic hydroxyl groups is 1. The van der Waals surface area contributed by atoms with E-state index < -0.39 is 0 Å². The lowest BCUT2D eigenvalue weighted by Crippen LogP contribution is -2.48.